The van der Waals surface area contributed by atoms with Gasteiger partial charge in [-0.15, -0.1) is 0 Å². The highest BCUT2D eigenvalue weighted by Crippen LogP contribution is 2.49. The van der Waals surface area contributed by atoms with Gasteiger partial charge in [-0.1, -0.05) is 17.7 Å². The van der Waals surface area contributed by atoms with Crippen LogP contribution in [0.3, 0.4) is 0 Å². The van der Waals surface area contributed by atoms with E-state index in [1.807, 2.05) is 16.7 Å². The summed E-state index contributed by atoms with van der Waals surface area (Å²) in [5.41, 5.74) is 6.14. The lowest BCUT2D eigenvalue weighted by Crippen LogP contribution is -2.43. The Bertz CT molecular complexity index is 1980. The van der Waals surface area contributed by atoms with Gasteiger partial charge in [0.15, 0.2) is 11.6 Å². The highest BCUT2D eigenvalue weighted by atomic mass is 35.5. The molecule has 3 aromatic heterocycles. The van der Waals surface area contributed by atoms with Crippen LogP contribution in [-0.2, 0) is 6.18 Å². The fraction of sp³-hybridized carbons (Fsp3) is 0.438. The third kappa shape index (κ3) is 5.39. The Balaban J connectivity index is 1.46. The first kappa shape index (κ1) is 33.2. The highest BCUT2D eigenvalue weighted by Gasteiger charge is 2.49. The smallest absolute Gasteiger partial charge is 0.417 e. The monoisotopic (exact) mass is 708 g/mol. The van der Waals surface area contributed by atoms with Crippen LogP contribution in [0, 0.1) is 18.6 Å². The number of nitrogens with two attached hydrogens (primary N) is 2. The van der Waals surface area contributed by atoms with E-state index in [1.54, 1.807) is 18.3 Å². The molecule has 0 aliphatic carbocycles. The molecule has 2 fully saturated rings. The summed E-state index contributed by atoms with van der Waals surface area (Å²) in [6.07, 6.45) is -2.91. The van der Waals surface area contributed by atoms with Crippen LogP contribution in [0.5, 0.6) is 11.9 Å². The zero-order chi connectivity index (χ0) is 35.0. The Morgan fingerprint density at radius 3 is 2.67 bits per heavy atom. The number of fused-ring (bicyclic) bond motifs is 1. The van der Waals surface area contributed by atoms with Crippen LogP contribution < -0.4 is 25.8 Å². The van der Waals surface area contributed by atoms with Crippen molar-refractivity contribution in [2.45, 2.75) is 57.0 Å². The molecule has 49 heavy (non-hydrogen) atoms. The van der Waals surface area contributed by atoms with Crippen LogP contribution in [0.2, 0.25) is 5.02 Å². The first-order valence-corrected chi connectivity index (χ1v) is 16.0. The molecule has 4 N–H and O–H groups in total. The van der Waals surface area contributed by atoms with E-state index in [1.165, 1.54) is 0 Å². The molecule has 3 aliphatic rings. The molecule has 1 aromatic carbocycles. The van der Waals surface area contributed by atoms with Crippen LogP contribution in [0.15, 0.2) is 18.3 Å². The maximum Gasteiger partial charge on any atom is 0.417 e. The number of aromatic nitrogens is 4. The van der Waals surface area contributed by atoms with Crippen molar-refractivity contribution >= 4 is 39.8 Å². The van der Waals surface area contributed by atoms with Crippen LogP contribution in [0.1, 0.15) is 48.9 Å². The minimum absolute atomic E-state index is 0.0307. The molecule has 2 saturated heterocycles. The third-order valence-electron chi connectivity index (χ3n) is 9.74. The second-order valence-corrected chi connectivity index (χ2v) is 13.0. The maximum absolute atomic E-state index is 15.7. The molecule has 3 aliphatic heterocycles. The number of benzene rings is 1. The van der Waals surface area contributed by atoms with E-state index in [2.05, 4.69) is 15.0 Å². The van der Waals surface area contributed by atoms with E-state index in [0.717, 1.165) is 13.3 Å². The predicted molar refractivity (Wildman–Crippen MR) is 170 cm³/mol. The molecule has 10 nitrogen and oxygen atoms in total. The van der Waals surface area contributed by atoms with E-state index in [-0.39, 0.29) is 67.2 Å². The summed E-state index contributed by atoms with van der Waals surface area (Å²) in [5, 5.41) is -0.398. The number of nitrogen functional groups attached to an aromatic ring is 2. The van der Waals surface area contributed by atoms with Gasteiger partial charge in [0.05, 0.1) is 40.0 Å². The minimum Gasteiger partial charge on any atom is -0.475 e. The van der Waals surface area contributed by atoms with Crippen molar-refractivity contribution in [3.05, 3.63) is 51.7 Å². The lowest BCUT2D eigenvalue weighted by atomic mass is 9.95. The van der Waals surface area contributed by atoms with Gasteiger partial charge in [0.25, 0.3) is 0 Å². The molecule has 4 aromatic rings. The zero-order valence-corrected chi connectivity index (χ0v) is 27.1. The summed E-state index contributed by atoms with van der Waals surface area (Å²) in [7, 11) is 0. The van der Waals surface area contributed by atoms with Crippen molar-refractivity contribution in [3.63, 3.8) is 0 Å². The van der Waals surface area contributed by atoms with E-state index in [0.29, 0.717) is 18.5 Å². The van der Waals surface area contributed by atoms with Crippen molar-refractivity contribution in [1.82, 2.24) is 24.8 Å². The second-order valence-electron chi connectivity index (χ2n) is 12.6. The lowest BCUT2D eigenvalue weighted by Gasteiger charge is -2.32. The van der Waals surface area contributed by atoms with Gasteiger partial charge in [-0.25, -0.2) is 23.1 Å². The van der Waals surface area contributed by atoms with E-state index < -0.39 is 68.7 Å². The number of nitrogens with zero attached hydrogens (tertiary/aromatic N) is 6. The van der Waals surface area contributed by atoms with Crippen molar-refractivity contribution in [3.8, 4) is 23.1 Å². The normalized spacial score (nSPS) is 21.5. The van der Waals surface area contributed by atoms with Gasteiger partial charge >= 0.3 is 12.2 Å². The van der Waals surface area contributed by atoms with E-state index in [9.17, 15) is 22.0 Å². The Hall–Kier alpha value is -4.31. The molecule has 0 unspecified atom stereocenters. The molecule has 0 radical (unpaired) electrons. The summed E-state index contributed by atoms with van der Waals surface area (Å²) in [6.45, 7) is 3.83. The van der Waals surface area contributed by atoms with Gasteiger partial charge < -0.3 is 25.8 Å². The molecular formula is C32H31ClF6N8O2. The Morgan fingerprint density at radius 1 is 1.16 bits per heavy atom. The summed E-state index contributed by atoms with van der Waals surface area (Å²) < 4.78 is 100. The van der Waals surface area contributed by atoms with Crippen molar-refractivity contribution < 1.29 is 35.8 Å². The maximum atomic E-state index is 15.7. The number of anilines is 3. The fourth-order valence-electron chi connectivity index (χ4n) is 7.38. The SMILES string of the molecule is Cc1c(F)c(N)c(F)c(-c2nc3c4c(nc(OC[C@]56CCCN5C[C@H](F)C6)nc4c2Cl)N([C@H](C)c2cccnc2N)CCO3)c1C(F)(F)F. The van der Waals surface area contributed by atoms with Gasteiger partial charge in [0, 0.05) is 24.7 Å². The first-order chi connectivity index (χ1) is 23.2. The number of hydrogen-bond acceptors (Lipinski definition) is 10. The largest absolute Gasteiger partial charge is 0.475 e. The summed E-state index contributed by atoms with van der Waals surface area (Å²) in [5.74, 6) is -3.03. The van der Waals surface area contributed by atoms with E-state index in [4.69, 9.17) is 37.5 Å². The van der Waals surface area contributed by atoms with Crippen molar-refractivity contribution in [2.75, 3.05) is 49.2 Å². The third-order valence-corrected chi connectivity index (χ3v) is 10.1. The predicted octanol–water partition coefficient (Wildman–Crippen LogP) is 6.43. The van der Waals surface area contributed by atoms with Gasteiger partial charge in [-0.3, -0.25) is 4.90 Å². The lowest BCUT2D eigenvalue weighted by molar-refractivity contribution is -0.137. The van der Waals surface area contributed by atoms with Gasteiger partial charge in [0.2, 0.25) is 5.88 Å². The Kier molecular flexibility index (Phi) is 8.08. The zero-order valence-electron chi connectivity index (χ0n) is 26.3. The Labute approximate surface area is 281 Å². The van der Waals surface area contributed by atoms with Gasteiger partial charge in [-0.05, 0) is 44.9 Å². The average molecular weight is 709 g/mol. The molecule has 0 bridgehead atoms. The molecule has 0 saturated carbocycles. The topological polar surface area (TPSA) is 129 Å². The average Bonchev–Trinajstić information content (AvgIpc) is 3.51. The standard InChI is InChI=1S/C32H31ClF6N8O2/c1-14-20(32(37,38)39)18(23(36)24(40)22(14)35)25-21(33)26-19-28(45-30(44-26)49-13-31-6-4-8-46(31)12-16(34)11-31)47(9-10-48-29(19)43-25)15(2)17-5-3-7-42-27(17)41/h3,5,7,15-16H,4,6,8-13,40H2,1-2H3,(H2,41,42)/t15-,16-,31-/m1/s1. The fourth-order valence-corrected chi connectivity index (χ4v) is 7.66. The quantitative estimate of drug-likeness (QED) is 0.171. The van der Waals surface area contributed by atoms with Gasteiger partial charge in [-0.2, -0.15) is 23.1 Å². The van der Waals surface area contributed by atoms with Crippen molar-refractivity contribution in [1.29, 1.82) is 0 Å². The minimum atomic E-state index is -5.23. The van der Waals surface area contributed by atoms with Crippen LogP contribution >= 0.6 is 11.6 Å². The molecule has 0 spiro atoms. The van der Waals surface area contributed by atoms with Crippen molar-refractivity contribution in [2.24, 2.45) is 0 Å². The second kappa shape index (κ2) is 11.9. The highest BCUT2D eigenvalue weighted by molar-refractivity contribution is 6.38. The Morgan fingerprint density at radius 2 is 1.94 bits per heavy atom. The molecule has 3 atom stereocenters. The number of pyridine rings is 2. The van der Waals surface area contributed by atoms with Gasteiger partial charge in [0.1, 0.15) is 47.6 Å². The molecule has 260 valence electrons. The van der Waals surface area contributed by atoms with E-state index >= 15 is 4.39 Å². The number of ether oxygens (including phenoxy) is 2. The molecular weight excluding hydrogens is 678 g/mol. The molecule has 7 rings (SSSR count). The van der Waals surface area contributed by atoms with Crippen LogP contribution in [0.4, 0.5) is 43.7 Å². The molecule has 17 heteroatoms. The van der Waals surface area contributed by atoms with Crippen LogP contribution in [-0.4, -0.2) is 69.4 Å². The van der Waals surface area contributed by atoms with Crippen LogP contribution in [0.25, 0.3) is 22.2 Å². The summed E-state index contributed by atoms with van der Waals surface area (Å²) in [6, 6.07) is 2.82. The molecule has 0 amide bonds. The summed E-state index contributed by atoms with van der Waals surface area (Å²) >= 11 is 6.83. The first-order valence-electron chi connectivity index (χ1n) is 15.6. The molecule has 6 heterocycles. The number of hydrogen-bond donors (Lipinski definition) is 2. The summed E-state index contributed by atoms with van der Waals surface area (Å²) in [4.78, 5) is 21.5. The number of alkyl halides is 4. The number of halogens is 7. The number of rotatable bonds is 6.